The van der Waals surface area contributed by atoms with Crippen molar-refractivity contribution in [1.82, 2.24) is 15.0 Å². The van der Waals surface area contributed by atoms with E-state index in [1.165, 1.54) is 33.1 Å². The summed E-state index contributed by atoms with van der Waals surface area (Å²) in [6.07, 6.45) is 5.31. The second-order valence-electron chi connectivity index (χ2n) is 9.89. The van der Waals surface area contributed by atoms with E-state index in [2.05, 4.69) is 27.1 Å². The smallest absolute Gasteiger partial charge is 0.247 e. The third-order valence-corrected chi connectivity index (χ3v) is 7.67. The molecular formula is C30H30Cl2N6O3. The molecule has 0 saturated heterocycles. The van der Waals surface area contributed by atoms with Crippen molar-refractivity contribution in [3.8, 4) is 22.8 Å². The molecule has 4 aromatic rings. The first-order chi connectivity index (χ1) is 19.7. The quantitative estimate of drug-likeness (QED) is 0.189. The molecule has 1 amide bonds. The van der Waals surface area contributed by atoms with Gasteiger partial charge in [-0.3, -0.25) is 4.79 Å². The van der Waals surface area contributed by atoms with Crippen molar-refractivity contribution >= 4 is 63.2 Å². The Morgan fingerprint density at radius 2 is 1.85 bits per heavy atom. The lowest BCUT2D eigenvalue weighted by Gasteiger charge is -2.22. The number of carbonyl (C=O) groups excluding carboxylic acids is 1. The predicted molar refractivity (Wildman–Crippen MR) is 165 cm³/mol. The monoisotopic (exact) mass is 592 g/mol. The second-order valence-corrected chi connectivity index (χ2v) is 10.6. The normalized spacial score (nSPS) is 12.6. The van der Waals surface area contributed by atoms with Gasteiger partial charge in [-0.25, -0.2) is 15.0 Å². The van der Waals surface area contributed by atoms with Gasteiger partial charge in [0, 0.05) is 36.8 Å². The summed E-state index contributed by atoms with van der Waals surface area (Å²) in [5.74, 6) is 2.15. The molecular weight excluding hydrogens is 563 g/mol. The summed E-state index contributed by atoms with van der Waals surface area (Å²) in [5.41, 5.74) is 3.88. The summed E-state index contributed by atoms with van der Waals surface area (Å²) >= 11 is 13.5. The minimum atomic E-state index is -0.315. The van der Waals surface area contributed by atoms with Crippen molar-refractivity contribution < 1.29 is 14.3 Å². The molecule has 1 aliphatic carbocycles. The van der Waals surface area contributed by atoms with Crippen LogP contribution in [0.3, 0.4) is 0 Å². The fourth-order valence-electron chi connectivity index (χ4n) is 4.60. The molecule has 5 rings (SSSR count). The zero-order chi connectivity index (χ0) is 29.3. The van der Waals surface area contributed by atoms with Crippen molar-refractivity contribution in [3.63, 3.8) is 0 Å². The maximum Gasteiger partial charge on any atom is 0.247 e. The summed E-state index contributed by atoms with van der Waals surface area (Å²) in [6, 6.07) is 9.10. The van der Waals surface area contributed by atoms with Gasteiger partial charge in [-0.1, -0.05) is 41.9 Å². The zero-order valence-corrected chi connectivity index (χ0v) is 24.7. The van der Waals surface area contributed by atoms with E-state index in [0.29, 0.717) is 67.4 Å². The maximum absolute atomic E-state index is 12.0. The topological polar surface area (TPSA) is 102 Å². The van der Waals surface area contributed by atoms with Crippen LogP contribution in [0.1, 0.15) is 18.4 Å². The number of benzene rings is 2. The summed E-state index contributed by atoms with van der Waals surface area (Å²) in [6.45, 7) is 6.30. The van der Waals surface area contributed by atoms with Gasteiger partial charge in [0.05, 0.1) is 41.3 Å². The number of ether oxygens (including phenoxy) is 2. The number of aromatic nitrogens is 3. The van der Waals surface area contributed by atoms with Gasteiger partial charge in [0.1, 0.15) is 17.0 Å². The number of fused-ring (bicyclic) bond motifs is 1. The van der Waals surface area contributed by atoms with E-state index in [4.69, 9.17) is 42.6 Å². The van der Waals surface area contributed by atoms with Crippen LogP contribution in [0, 0.1) is 12.8 Å². The fourth-order valence-corrected chi connectivity index (χ4v) is 5.29. The molecule has 9 nitrogen and oxygen atoms in total. The number of amides is 1. The highest BCUT2D eigenvalue weighted by Crippen LogP contribution is 2.46. The van der Waals surface area contributed by atoms with Crippen LogP contribution in [-0.4, -0.2) is 48.7 Å². The third-order valence-electron chi connectivity index (χ3n) is 6.92. The van der Waals surface area contributed by atoms with E-state index in [1.807, 2.05) is 32.2 Å². The average molecular weight is 594 g/mol. The predicted octanol–water partition coefficient (Wildman–Crippen LogP) is 7.04. The molecule has 1 saturated carbocycles. The molecule has 11 heteroatoms. The average Bonchev–Trinajstić information content (AvgIpc) is 3.78. The van der Waals surface area contributed by atoms with Crippen LogP contribution in [0.15, 0.2) is 49.2 Å². The van der Waals surface area contributed by atoms with Crippen molar-refractivity contribution in [2.24, 2.45) is 5.92 Å². The molecule has 0 spiro atoms. The van der Waals surface area contributed by atoms with Crippen molar-refractivity contribution in [2.45, 2.75) is 19.8 Å². The Kier molecular flexibility index (Phi) is 8.19. The van der Waals surface area contributed by atoms with Gasteiger partial charge in [-0.05, 0) is 49.5 Å². The molecule has 2 heterocycles. The fraction of sp³-hybridized carbons (Fsp3) is 0.267. The standard InChI is InChI=1S/C30H30Cl2N6O3/c1-6-23(39)34-19-9-7-8-16(2)27(19)36-30-33-14-18-12-20(24-25(31)21(40-4)13-22(41-5)26(24)32)35-29(28(18)37-30)38(3)15-17-10-11-17/h6-9,12-14,17H,1,10-11,15H2,2-5H3,(H,34,39)(H,33,36,37). The second kappa shape index (κ2) is 11.8. The molecule has 1 aliphatic rings. The van der Waals surface area contributed by atoms with Crippen LogP contribution in [0.5, 0.6) is 11.5 Å². The largest absolute Gasteiger partial charge is 0.495 e. The highest BCUT2D eigenvalue weighted by molar-refractivity contribution is 6.41. The lowest BCUT2D eigenvalue weighted by molar-refractivity contribution is -0.111. The van der Waals surface area contributed by atoms with E-state index in [1.54, 1.807) is 18.3 Å². The van der Waals surface area contributed by atoms with E-state index in [-0.39, 0.29) is 5.91 Å². The number of anilines is 4. The van der Waals surface area contributed by atoms with Crippen LogP contribution in [-0.2, 0) is 4.79 Å². The number of rotatable bonds is 10. The lowest BCUT2D eigenvalue weighted by Crippen LogP contribution is -2.22. The van der Waals surface area contributed by atoms with E-state index >= 15 is 0 Å². The van der Waals surface area contributed by atoms with E-state index in [9.17, 15) is 4.79 Å². The Morgan fingerprint density at radius 1 is 1.15 bits per heavy atom. The number of nitrogens with zero attached hydrogens (tertiary/aromatic N) is 4. The third kappa shape index (κ3) is 5.87. The minimum absolute atomic E-state index is 0.315. The Morgan fingerprint density at radius 3 is 2.49 bits per heavy atom. The van der Waals surface area contributed by atoms with Crippen molar-refractivity contribution in [3.05, 3.63) is 64.8 Å². The van der Waals surface area contributed by atoms with Crippen LogP contribution in [0.2, 0.25) is 10.0 Å². The Hall–Kier alpha value is -4.08. The molecule has 212 valence electrons. The summed E-state index contributed by atoms with van der Waals surface area (Å²) in [4.78, 5) is 28.6. The van der Waals surface area contributed by atoms with Gasteiger partial charge in [0.25, 0.3) is 0 Å². The van der Waals surface area contributed by atoms with E-state index < -0.39 is 0 Å². The highest BCUT2D eigenvalue weighted by Gasteiger charge is 2.26. The molecule has 0 bridgehead atoms. The molecule has 0 atom stereocenters. The maximum atomic E-state index is 12.0. The SMILES string of the molecule is C=CC(=O)Nc1cccc(C)c1Nc1ncc2cc(-c3c(Cl)c(OC)cc(OC)c3Cl)nc(N(C)CC3CC3)c2n1. The van der Waals surface area contributed by atoms with Gasteiger partial charge < -0.3 is 25.0 Å². The van der Waals surface area contributed by atoms with E-state index in [0.717, 1.165) is 17.5 Å². The Labute approximate surface area is 248 Å². The zero-order valence-electron chi connectivity index (χ0n) is 23.2. The van der Waals surface area contributed by atoms with Crippen LogP contribution < -0.4 is 25.0 Å². The van der Waals surface area contributed by atoms with Gasteiger partial charge in [0.2, 0.25) is 11.9 Å². The first-order valence-corrected chi connectivity index (χ1v) is 13.8. The highest BCUT2D eigenvalue weighted by atomic mass is 35.5. The first-order valence-electron chi connectivity index (χ1n) is 13.0. The lowest BCUT2D eigenvalue weighted by atomic mass is 10.1. The van der Waals surface area contributed by atoms with Gasteiger partial charge in [-0.15, -0.1) is 0 Å². The number of carbonyl (C=O) groups is 1. The first kappa shape index (κ1) is 28.4. The minimum Gasteiger partial charge on any atom is -0.495 e. The Balaban J connectivity index is 1.64. The van der Waals surface area contributed by atoms with Crippen molar-refractivity contribution in [2.75, 3.05) is 43.3 Å². The molecule has 0 radical (unpaired) electrons. The number of aryl methyl sites for hydroxylation is 1. The van der Waals surface area contributed by atoms with Gasteiger partial charge in [0.15, 0.2) is 5.82 Å². The number of nitrogens with one attached hydrogen (secondary N) is 2. The van der Waals surface area contributed by atoms with Crippen molar-refractivity contribution in [1.29, 1.82) is 0 Å². The molecule has 1 fully saturated rings. The van der Waals surface area contributed by atoms with Crippen LogP contribution in [0.25, 0.3) is 22.2 Å². The van der Waals surface area contributed by atoms with Gasteiger partial charge in [-0.2, -0.15) is 0 Å². The summed E-state index contributed by atoms with van der Waals surface area (Å²) in [5, 5.41) is 7.52. The number of methoxy groups -OCH3 is 2. The van der Waals surface area contributed by atoms with Gasteiger partial charge >= 0.3 is 0 Å². The van der Waals surface area contributed by atoms with Crippen LogP contribution in [0.4, 0.5) is 23.1 Å². The number of pyridine rings is 1. The van der Waals surface area contributed by atoms with Crippen LogP contribution >= 0.6 is 23.2 Å². The summed E-state index contributed by atoms with van der Waals surface area (Å²) in [7, 11) is 5.07. The summed E-state index contributed by atoms with van der Waals surface area (Å²) < 4.78 is 11.0. The number of hydrogen-bond donors (Lipinski definition) is 2. The number of halogens is 2. The molecule has 0 unspecified atom stereocenters. The molecule has 41 heavy (non-hydrogen) atoms. The molecule has 2 aromatic carbocycles. The molecule has 0 aliphatic heterocycles. The molecule has 2 N–H and O–H groups in total. The number of hydrogen-bond acceptors (Lipinski definition) is 8. The Bertz CT molecular complexity index is 1630. The molecule has 2 aromatic heterocycles. The number of para-hydroxylation sites is 1.